The minimum absolute atomic E-state index is 0.122. The number of carbonyl (C=O) groups excluding carboxylic acids is 2. The van der Waals surface area contributed by atoms with Crippen LogP contribution >= 0.6 is 11.8 Å². The van der Waals surface area contributed by atoms with Crippen molar-refractivity contribution >= 4 is 29.3 Å². The average Bonchev–Trinajstić information content (AvgIpc) is 2.74. The number of hydrogen-bond acceptors (Lipinski definition) is 6. The second-order valence-corrected chi connectivity index (χ2v) is 7.43. The summed E-state index contributed by atoms with van der Waals surface area (Å²) < 4.78 is 5.51. The van der Waals surface area contributed by atoms with Crippen molar-refractivity contribution in [2.45, 2.75) is 18.5 Å². The molecule has 1 heterocycles. The molecule has 1 aliphatic rings. The molecule has 1 fully saturated rings. The molecule has 3 rings (SSSR count). The Kier molecular flexibility index (Phi) is 7.11. The van der Waals surface area contributed by atoms with Crippen molar-refractivity contribution in [3.63, 3.8) is 0 Å². The first-order valence-electron chi connectivity index (χ1n) is 9.26. The molecular weight excluding hydrogens is 388 g/mol. The number of thioether (sulfide) groups is 1. The summed E-state index contributed by atoms with van der Waals surface area (Å²) in [4.78, 5) is 24.8. The molecule has 2 aromatic carbocycles. The Balaban J connectivity index is 1.61. The van der Waals surface area contributed by atoms with E-state index in [-0.39, 0.29) is 17.6 Å². The molecule has 0 spiro atoms. The lowest BCUT2D eigenvalue weighted by Gasteiger charge is -2.34. The lowest BCUT2D eigenvalue weighted by molar-refractivity contribution is -0.126. The molecule has 2 aromatic rings. The van der Waals surface area contributed by atoms with E-state index < -0.39 is 17.5 Å². The molecular formula is C21H22N4O3S. The SMILES string of the molecule is CCOc1ccccc1NC(=O)CSC1NC(=O)C(C#N)C(c2ccccc2)N1. The molecule has 150 valence electrons. The van der Waals surface area contributed by atoms with Crippen LogP contribution in [-0.4, -0.2) is 29.7 Å². The van der Waals surface area contributed by atoms with E-state index >= 15 is 0 Å². The summed E-state index contributed by atoms with van der Waals surface area (Å²) in [5.74, 6) is -0.659. The van der Waals surface area contributed by atoms with Crippen molar-refractivity contribution in [1.82, 2.24) is 10.6 Å². The first-order chi connectivity index (χ1) is 14.1. The highest BCUT2D eigenvalue weighted by molar-refractivity contribution is 8.00. The number of nitrogens with one attached hydrogen (secondary N) is 3. The van der Waals surface area contributed by atoms with Gasteiger partial charge in [-0.3, -0.25) is 14.9 Å². The third-order valence-electron chi connectivity index (χ3n) is 4.36. The van der Waals surface area contributed by atoms with Crippen LogP contribution in [0.3, 0.4) is 0 Å². The van der Waals surface area contributed by atoms with Gasteiger partial charge in [0.25, 0.3) is 0 Å². The van der Waals surface area contributed by atoms with Crippen LogP contribution in [0.4, 0.5) is 5.69 Å². The molecule has 0 radical (unpaired) electrons. The molecule has 1 aliphatic heterocycles. The first kappa shape index (κ1) is 20.7. The Morgan fingerprint density at radius 1 is 1.21 bits per heavy atom. The number of nitriles is 1. The lowest BCUT2D eigenvalue weighted by Crippen LogP contribution is -2.56. The third kappa shape index (κ3) is 5.28. The van der Waals surface area contributed by atoms with Crippen LogP contribution in [0.25, 0.3) is 0 Å². The number of benzene rings is 2. The number of rotatable bonds is 7. The highest BCUT2D eigenvalue weighted by Crippen LogP contribution is 2.28. The van der Waals surface area contributed by atoms with Crippen LogP contribution in [0, 0.1) is 17.2 Å². The van der Waals surface area contributed by atoms with Crippen LogP contribution in [0.5, 0.6) is 5.75 Å². The van der Waals surface area contributed by atoms with E-state index in [4.69, 9.17) is 4.74 Å². The fourth-order valence-corrected chi connectivity index (χ4v) is 3.87. The monoisotopic (exact) mass is 410 g/mol. The third-order valence-corrected chi connectivity index (χ3v) is 5.38. The summed E-state index contributed by atoms with van der Waals surface area (Å²) in [6, 6.07) is 18.2. The highest BCUT2D eigenvalue weighted by atomic mass is 32.2. The molecule has 2 amide bonds. The standard InChI is InChI=1S/C21H22N4O3S/c1-2-28-17-11-7-6-10-16(17)23-18(26)13-29-21-24-19(14-8-4-3-5-9-14)15(12-22)20(27)25-21/h3-11,15,19,21,24H,2,13H2,1H3,(H,23,26)(H,25,27). The molecule has 3 N–H and O–H groups in total. The zero-order chi connectivity index (χ0) is 20.6. The zero-order valence-corrected chi connectivity index (χ0v) is 16.7. The Bertz CT molecular complexity index is 900. The van der Waals surface area contributed by atoms with Crippen LogP contribution in [0.1, 0.15) is 18.5 Å². The van der Waals surface area contributed by atoms with Crippen molar-refractivity contribution in [1.29, 1.82) is 5.26 Å². The fourth-order valence-electron chi connectivity index (χ4n) is 3.04. The number of ether oxygens (including phenoxy) is 1. The van der Waals surface area contributed by atoms with E-state index in [0.29, 0.717) is 18.0 Å². The van der Waals surface area contributed by atoms with Crippen LogP contribution < -0.4 is 20.7 Å². The molecule has 0 aliphatic carbocycles. The molecule has 7 nitrogen and oxygen atoms in total. The minimum atomic E-state index is -0.832. The number of carbonyl (C=O) groups is 2. The predicted molar refractivity (Wildman–Crippen MR) is 112 cm³/mol. The van der Waals surface area contributed by atoms with Gasteiger partial charge in [-0.1, -0.05) is 42.5 Å². The summed E-state index contributed by atoms with van der Waals surface area (Å²) >= 11 is 1.25. The van der Waals surface area contributed by atoms with Gasteiger partial charge in [-0.15, -0.1) is 11.8 Å². The van der Waals surface area contributed by atoms with E-state index in [9.17, 15) is 14.9 Å². The molecule has 29 heavy (non-hydrogen) atoms. The summed E-state index contributed by atoms with van der Waals surface area (Å²) in [5.41, 5.74) is 0.979. The Morgan fingerprint density at radius 3 is 2.66 bits per heavy atom. The van der Waals surface area contributed by atoms with E-state index in [2.05, 4.69) is 22.0 Å². The van der Waals surface area contributed by atoms with Gasteiger partial charge in [-0.2, -0.15) is 5.26 Å². The molecule has 3 atom stereocenters. The summed E-state index contributed by atoms with van der Waals surface area (Å²) in [5, 5.41) is 18.2. The normalized spacial score (nSPS) is 21.0. The smallest absolute Gasteiger partial charge is 0.241 e. The molecule has 1 saturated heterocycles. The van der Waals surface area contributed by atoms with Gasteiger partial charge in [-0.05, 0) is 24.6 Å². The molecule has 8 heteroatoms. The van der Waals surface area contributed by atoms with Crippen molar-refractivity contribution in [2.75, 3.05) is 17.7 Å². The van der Waals surface area contributed by atoms with Gasteiger partial charge in [0, 0.05) is 0 Å². The van der Waals surface area contributed by atoms with Gasteiger partial charge < -0.3 is 15.4 Å². The topological polar surface area (TPSA) is 103 Å². The highest BCUT2D eigenvalue weighted by Gasteiger charge is 2.37. The average molecular weight is 410 g/mol. The molecule has 0 bridgehead atoms. The van der Waals surface area contributed by atoms with Gasteiger partial charge in [-0.25, -0.2) is 0 Å². The predicted octanol–water partition coefficient (Wildman–Crippen LogP) is 2.64. The van der Waals surface area contributed by atoms with E-state index in [1.807, 2.05) is 49.4 Å². The maximum absolute atomic E-state index is 12.4. The second-order valence-electron chi connectivity index (χ2n) is 6.34. The molecule has 0 aromatic heterocycles. The largest absolute Gasteiger partial charge is 0.492 e. The van der Waals surface area contributed by atoms with E-state index in [1.165, 1.54) is 11.8 Å². The Labute approximate surface area is 173 Å². The summed E-state index contributed by atoms with van der Waals surface area (Å²) in [6.07, 6.45) is 0. The van der Waals surface area contributed by atoms with E-state index in [1.54, 1.807) is 12.1 Å². The molecule has 3 unspecified atom stereocenters. The van der Waals surface area contributed by atoms with E-state index in [0.717, 1.165) is 5.56 Å². The second kappa shape index (κ2) is 9.96. The Morgan fingerprint density at radius 2 is 1.93 bits per heavy atom. The summed E-state index contributed by atoms with van der Waals surface area (Å²) in [7, 11) is 0. The maximum Gasteiger partial charge on any atom is 0.241 e. The van der Waals surface area contributed by atoms with Crippen LogP contribution in [0.15, 0.2) is 54.6 Å². The van der Waals surface area contributed by atoms with Crippen molar-refractivity contribution in [3.05, 3.63) is 60.2 Å². The summed E-state index contributed by atoms with van der Waals surface area (Å²) in [6.45, 7) is 2.38. The maximum atomic E-state index is 12.4. The number of hydrogen-bond donors (Lipinski definition) is 3. The minimum Gasteiger partial charge on any atom is -0.492 e. The number of anilines is 1. The zero-order valence-electron chi connectivity index (χ0n) is 15.9. The lowest BCUT2D eigenvalue weighted by atomic mass is 9.92. The quantitative estimate of drug-likeness (QED) is 0.648. The van der Waals surface area contributed by atoms with Gasteiger partial charge in [0.05, 0.1) is 30.2 Å². The number of para-hydroxylation sites is 2. The van der Waals surface area contributed by atoms with Gasteiger partial charge in [0.15, 0.2) is 0 Å². The van der Waals surface area contributed by atoms with Crippen molar-refractivity contribution in [2.24, 2.45) is 5.92 Å². The van der Waals surface area contributed by atoms with Crippen LogP contribution in [0.2, 0.25) is 0 Å². The van der Waals surface area contributed by atoms with Crippen molar-refractivity contribution < 1.29 is 14.3 Å². The van der Waals surface area contributed by atoms with Gasteiger partial charge in [0.2, 0.25) is 11.8 Å². The van der Waals surface area contributed by atoms with Crippen molar-refractivity contribution in [3.8, 4) is 11.8 Å². The van der Waals surface area contributed by atoms with Gasteiger partial charge in [0.1, 0.15) is 17.2 Å². The molecule has 0 saturated carbocycles. The van der Waals surface area contributed by atoms with Crippen LogP contribution in [-0.2, 0) is 9.59 Å². The fraction of sp³-hybridized carbons (Fsp3) is 0.286. The van der Waals surface area contributed by atoms with Gasteiger partial charge >= 0.3 is 0 Å². The number of nitrogens with zero attached hydrogens (tertiary/aromatic N) is 1. The first-order valence-corrected chi connectivity index (χ1v) is 10.3. The number of amides is 2. The Hall–Kier alpha value is -3.02.